The Morgan fingerprint density at radius 1 is 1.25 bits per heavy atom. The number of ether oxygens (including phenoxy) is 1. The molecule has 14 heteroatoms. The molecule has 0 aliphatic heterocycles. The third-order valence-corrected chi connectivity index (χ3v) is 4.21. The average molecular weight is 438 g/mol. The molecule has 2 N–H and O–H groups in total. The highest BCUT2D eigenvalue weighted by Gasteiger charge is 2.60. The number of thiazole rings is 1. The molecule has 1 aromatic rings. The summed E-state index contributed by atoms with van der Waals surface area (Å²) in [6, 6.07) is 0. The molecule has 1 atom stereocenters. The molecule has 156 valence electrons. The van der Waals surface area contributed by atoms with Gasteiger partial charge in [0.25, 0.3) is 0 Å². The summed E-state index contributed by atoms with van der Waals surface area (Å²) < 4.78 is 103. The van der Waals surface area contributed by atoms with Crippen molar-refractivity contribution in [1.29, 1.82) is 0 Å². The van der Waals surface area contributed by atoms with Crippen molar-refractivity contribution in [2.24, 2.45) is 5.92 Å². The van der Waals surface area contributed by atoms with Crippen LogP contribution >= 0.6 is 11.3 Å². The zero-order chi connectivity index (χ0) is 21.3. The van der Waals surface area contributed by atoms with Crippen molar-refractivity contribution in [3.05, 3.63) is 34.7 Å². The molecule has 0 saturated carbocycles. The minimum absolute atomic E-state index is 0.382. The van der Waals surface area contributed by atoms with Crippen molar-refractivity contribution in [2.45, 2.75) is 24.9 Å². The van der Waals surface area contributed by atoms with Crippen LogP contribution in [0.15, 0.2) is 29.1 Å². The molecule has 28 heavy (non-hydrogen) atoms. The highest BCUT2D eigenvalue weighted by atomic mass is 32.1. The van der Waals surface area contributed by atoms with Gasteiger partial charge in [0.15, 0.2) is 16.7 Å². The number of Topliss-reactive ketones (excluding diaryl/α,β-unsaturated/α-hetero) is 1. The lowest BCUT2D eigenvalue weighted by molar-refractivity contribution is -0.304. The molecule has 1 aromatic heterocycles. The lowest BCUT2D eigenvalue weighted by Gasteiger charge is -2.19. The van der Waals surface area contributed by atoms with E-state index in [0.29, 0.717) is 16.7 Å². The van der Waals surface area contributed by atoms with Crippen LogP contribution in [0.25, 0.3) is 0 Å². The van der Waals surface area contributed by atoms with Crippen LogP contribution in [-0.2, 0) is 15.5 Å². The molecule has 1 aliphatic rings. The van der Waals surface area contributed by atoms with Gasteiger partial charge in [0.2, 0.25) is 0 Å². The molecular weight excluding hydrogens is 428 g/mol. The van der Waals surface area contributed by atoms with Gasteiger partial charge in [-0.25, -0.2) is 4.98 Å². The van der Waals surface area contributed by atoms with Crippen LogP contribution in [0.1, 0.15) is 12.1 Å². The number of nitrogens with zero attached hydrogens (tertiary/aromatic N) is 1. The van der Waals surface area contributed by atoms with Gasteiger partial charge in [0.1, 0.15) is 11.5 Å². The first-order valence-corrected chi connectivity index (χ1v) is 8.12. The summed E-state index contributed by atoms with van der Waals surface area (Å²) in [7, 11) is 0. The minimum atomic E-state index is -5.83. The zero-order valence-corrected chi connectivity index (χ0v) is 14.2. The molecule has 1 heterocycles. The smallest absolute Gasteiger partial charge is 0.508 e. The van der Waals surface area contributed by atoms with Crippen LogP contribution in [0.5, 0.6) is 0 Å². The summed E-state index contributed by atoms with van der Waals surface area (Å²) in [6.45, 7) is -0.567. The number of anilines is 1. The Morgan fingerprint density at radius 2 is 1.89 bits per heavy atom. The fourth-order valence-electron chi connectivity index (χ4n) is 2.05. The predicted molar refractivity (Wildman–Crippen MR) is 79.6 cm³/mol. The van der Waals surface area contributed by atoms with Gasteiger partial charge in [-0.05, 0) is 6.08 Å². The molecule has 0 amide bonds. The van der Waals surface area contributed by atoms with Crippen molar-refractivity contribution < 1.29 is 49.8 Å². The SMILES string of the molecule is O=C(CNc1nc(C(F)(F)C(F)(F)F)cs1)C1C=CC(OC(F)(F)F)=C(O)C1. The highest BCUT2D eigenvalue weighted by molar-refractivity contribution is 7.13. The van der Waals surface area contributed by atoms with Crippen molar-refractivity contribution in [2.75, 3.05) is 11.9 Å². The molecule has 5 nitrogen and oxygen atoms in total. The van der Waals surface area contributed by atoms with Gasteiger partial charge in [0.05, 0.1) is 6.54 Å². The number of rotatable bonds is 6. The Hall–Kier alpha value is -2.38. The van der Waals surface area contributed by atoms with Gasteiger partial charge in [0, 0.05) is 17.7 Å². The van der Waals surface area contributed by atoms with Crippen LogP contribution < -0.4 is 5.32 Å². The lowest BCUT2D eigenvalue weighted by atomic mass is 9.94. The van der Waals surface area contributed by atoms with E-state index in [2.05, 4.69) is 15.0 Å². The summed E-state index contributed by atoms with van der Waals surface area (Å²) in [5.41, 5.74) is -1.54. The average Bonchev–Trinajstić information content (AvgIpc) is 3.02. The zero-order valence-electron chi connectivity index (χ0n) is 13.4. The van der Waals surface area contributed by atoms with E-state index in [1.165, 1.54) is 0 Å². The molecule has 0 fully saturated rings. The van der Waals surface area contributed by atoms with Crippen LogP contribution in [-0.4, -0.2) is 35.0 Å². The molecular formula is C14H10F8N2O3S. The number of halogens is 8. The number of hydrogen-bond acceptors (Lipinski definition) is 6. The molecule has 0 radical (unpaired) electrons. The van der Waals surface area contributed by atoms with Crippen LogP contribution in [0, 0.1) is 5.92 Å². The Bertz CT molecular complexity index is 797. The molecule has 0 spiro atoms. The van der Waals surface area contributed by atoms with E-state index in [1.54, 1.807) is 0 Å². The van der Waals surface area contributed by atoms with E-state index in [0.717, 1.165) is 12.2 Å². The Balaban J connectivity index is 1.95. The third-order valence-electron chi connectivity index (χ3n) is 3.41. The predicted octanol–water partition coefficient (Wildman–Crippen LogP) is 4.66. The van der Waals surface area contributed by atoms with Gasteiger partial charge in [-0.15, -0.1) is 24.5 Å². The quantitative estimate of drug-likeness (QED) is 0.633. The number of carbonyl (C=O) groups is 1. The second-order valence-electron chi connectivity index (χ2n) is 5.46. The largest absolute Gasteiger partial charge is 0.573 e. The van der Waals surface area contributed by atoms with Gasteiger partial charge in [-0.1, -0.05) is 6.08 Å². The Kier molecular flexibility index (Phi) is 5.92. The topological polar surface area (TPSA) is 71.5 Å². The molecule has 2 rings (SSSR count). The number of nitrogens with one attached hydrogen (secondary N) is 1. The van der Waals surface area contributed by atoms with Gasteiger partial charge in [-0.3, -0.25) is 4.79 Å². The molecule has 0 aromatic carbocycles. The maximum Gasteiger partial charge on any atom is 0.573 e. The molecule has 1 aliphatic carbocycles. The number of hydrogen-bond donors (Lipinski definition) is 2. The normalized spacial score (nSPS) is 18.4. The summed E-state index contributed by atoms with van der Waals surface area (Å²) in [5.74, 6) is -8.58. The summed E-state index contributed by atoms with van der Waals surface area (Å²) in [6.07, 6.45) is -9.58. The van der Waals surface area contributed by atoms with Gasteiger partial charge < -0.3 is 15.2 Å². The van der Waals surface area contributed by atoms with Crippen LogP contribution in [0.4, 0.5) is 40.3 Å². The maximum atomic E-state index is 13.2. The second kappa shape index (κ2) is 7.56. The number of allylic oxidation sites excluding steroid dienone is 3. The van der Waals surface area contributed by atoms with E-state index in [9.17, 15) is 45.0 Å². The lowest BCUT2D eigenvalue weighted by Crippen LogP contribution is -2.34. The first-order chi connectivity index (χ1) is 12.7. The van der Waals surface area contributed by atoms with E-state index in [4.69, 9.17) is 0 Å². The number of aromatic nitrogens is 1. The molecule has 1 unspecified atom stereocenters. The Morgan fingerprint density at radius 3 is 2.43 bits per heavy atom. The van der Waals surface area contributed by atoms with Gasteiger partial charge >= 0.3 is 18.5 Å². The monoisotopic (exact) mass is 438 g/mol. The first-order valence-electron chi connectivity index (χ1n) is 7.24. The number of aliphatic hydroxyl groups excluding tert-OH is 1. The first kappa shape index (κ1) is 21.9. The van der Waals surface area contributed by atoms with E-state index in [-0.39, 0.29) is 5.13 Å². The number of carbonyl (C=O) groups excluding carboxylic acids is 1. The van der Waals surface area contributed by atoms with Crippen LogP contribution in [0.3, 0.4) is 0 Å². The van der Waals surface area contributed by atoms with Crippen molar-refractivity contribution >= 4 is 22.3 Å². The Labute approximate surface area is 155 Å². The standard InChI is InChI=1S/C14H10F8N2O3S/c15-12(16,13(17,18)19)10-5-28-11(24-10)23-4-8(26)6-1-2-9(7(25)3-6)27-14(20,21)22/h1-2,5-6,25H,3-4H2,(H,23,24). The fraction of sp³-hybridized carbons (Fsp3) is 0.429. The van der Waals surface area contributed by atoms with Gasteiger partial charge in [-0.2, -0.15) is 22.0 Å². The number of aliphatic hydroxyl groups is 1. The summed E-state index contributed by atoms with van der Waals surface area (Å²) in [5, 5.41) is 11.9. The number of alkyl halides is 8. The van der Waals surface area contributed by atoms with Crippen molar-refractivity contribution in [3.8, 4) is 0 Å². The van der Waals surface area contributed by atoms with Crippen molar-refractivity contribution in [1.82, 2.24) is 4.98 Å². The summed E-state index contributed by atoms with van der Waals surface area (Å²) >= 11 is 0.412. The van der Waals surface area contributed by atoms with Crippen LogP contribution in [0.2, 0.25) is 0 Å². The molecule has 0 bridgehead atoms. The third kappa shape index (κ3) is 5.11. The minimum Gasteiger partial charge on any atom is -0.508 e. The fourth-order valence-corrected chi connectivity index (χ4v) is 2.78. The maximum absolute atomic E-state index is 13.2. The number of ketones is 1. The summed E-state index contributed by atoms with van der Waals surface area (Å²) in [4.78, 5) is 15.1. The highest BCUT2D eigenvalue weighted by Crippen LogP contribution is 2.44. The van der Waals surface area contributed by atoms with Crippen molar-refractivity contribution in [3.63, 3.8) is 0 Å². The van der Waals surface area contributed by atoms with E-state index >= 15 is 0 Å². The molecule has 0 saturated heterocycles. The second-order valence-corrected chi connectivity index (χ2v) is 6.32. The van der Waals surface area contributed by atoms with E-state index in [1.807, 2.05) is 0 Å². The van der Waals surface area contributed by atoms with E-state index < -0.39 is 60.3 Å².